The molecule has 104 valence electrons. The number of hydrogen-bond donors (Lipinski definition) is 0. The molecule has 0 N–H and O–H groups in total. The molecular weight excluding hydrogens is 254 g/mol. The minimum Gasteiger partial charge on any atom is -0.497 e. The molecule has 1 aromatic carbocycles. The predicted octanol–water partition coefficient (Wildman–Crippen LogP) is 1.61. The van der Waals surface area contributed by atoms with Gasteiger partial charge in [0.2, 0.25) is 0 Å². The molecule has 6 heteroatoms. The summed E-state index contributed by atoms with van der Waals surface area (Å²) in [6.45, 7) is 1.78. The third-order valence-electron chi connectivity index (χ3n) is 3.22. The summed E-state index contributed by atoms with van der Waals surface area (Å²) in [4.78, 5) is 14.4. The van der Waals surface area contributed by atoms with Crippen LogP contribution in [0.4, 0.5) is 14.5 Å². The van der Waals surface area contributed by atoms with E-state index >= 15 is 0 Å². The van der Waals surface area contributed by atoms with Gasteiger partial charge >= 0.3 is 6.43 Å². The zero-order chi connectivity index (χ0) is 13.8. The summed E-state index contributed by atoms with van der Waals surface area (Å²) in [6, 6.07) is 7.55. The van der Waals surface area contributed by atoms with Crippen LogP contribution in [-0.4, -0.2) is 50.5 Å². The number of anilines is 1. The SMILES string of the molecule is COc1ccc(N2CCN(C(=O)C(F)F)CC2)cc1. The van der Waals surface area contributed by atoms with Crippen LogP contribution in [0.1, 0.15) is 0 Å². The molecule has 0 bridgehead atoms. The first kappa shape index (κ1) is 13.6. The number of carbonyl (C=O) groups is 1. The second kappa shape index (κ2) is 5.86. The largest absolute Gasteiger partial charge is 0.497 e. The number of piperazine rings is 1. The summed E-state index contributed by atoms with van der Waals surface area (Å²) in [5.74, 6) is -0.301. The number of amides is 1. The van der Waals surface area contributed by atoms with Crippen LogP contribution in [0.2, 0.25) is 0 Å². The highest BCUT2D eigenvalue weighted by Gasteiger charge is 2.26. The summed E-state index contributed by atoms with van der Waals surface area (Å²) in [6.07, 6.45) is -2.91. The maximum atomic E-state index is 12.3. The molecular formula is C13H16F2N2O2. The molecule has 0 aliphatic carbocycles. The maximum Gasteiger partial charge on any atom is 0.315 e. The van der Waals surface area contributed by atoms with Gasteiger partial charge in [0.1, 0.15) is 5.75 Å². The molecule has 2 rings (SSSR count). The number of ether oxygens (including phenoxy) is 1. The zero-order valence-electron chi connectivity index (χ0n) is 10.7. The van der Waals surface area contributed by atoms with Crippen molar-refractivity contribution in [2.45, 2.75) is 6.43 Å². The van der Waals surface area contributed by atoms with E-state index in [0.29, 0.717) is 26.2 Å². The van der Waals surface area contributed by atoms with Gasteiger partial charge in [0.25, 0.3) is 5.91 Å². The van der Waals surface area contributed by atoms with E-state index in [1.165, 1.54) is 4.90 Å². The quantitative estimate of drug-likeness (QED) is 0.836. The molecule has 0 atom stereocenters. The van der Waals surface area contributed by atoms with Gasteiger partial charge in [0.15, 0.2) is 0 Å². The Labute approximate surface area is 110 Å². The highest BCUT2D eigenvalue weighted by molar-refractivity contribution is 5.79. The van der Waals surface area contributed by atoms with Gasteiger partial charge in [-0.15, -0.1) is 0 Å². The third kappa shape index (κ3) is 3.13. The van der Waals surface area contributed by atoms with Crippen molar-refractivity contribution in [3.05, 3.63) is 24.3 Å². The summed E-state index contributed by atoms with van der Waals surface area (Å²) in [7, 11) is 1.60. The van der Waals surface area contributed by atoms with Crippen LogP contribution in [-0.2, 0) is 4.79 Å². The number of rotatable bonds is 3. The number of hydrogen-bond acceptors (Lipinski definition) is 3. The molecule has 0 radical (unpaired) electrons. The Morgan fingerprint density at radius 3 is 2.21 bits per heavy atom. The predicted molar refractivity (Wildman–Crippen MR) is 67.8 cm³/mol. The van der Waals surface area contributed by atoms with E-state index < -0.39 is 12.3 Å². The van der Waals surface area contributed by atoms with Crippen LogP contribution in [0, 0.1) is 0 Å². The lowest BCUT2D eigenvalue weighted by Crippen LogP contribution is -2.50. The topological polar surface area (TPSA) is 32.8 Å². The fourth-order valence-electron chi connectivity index (χ4n) is 2.12. The van der Waals surface area contributed by atoms with Crippen LogP contribution in [0.25, 0.3) is 0 Å². The van der Waals surface area contributed by atoms with Crippen LogP contribution in [0.3, 0.4) is 0 Å². The zero-order valence-corrected chi connectivity index (χ0v) is 10.7. The highest BCUT2D eigenvalue weighted by Crippen LogP contribution is 2.20. The molecule has 0 saturated carbocycles. The lowest BCUT2D eigenvalue weighted by Gasteiger charge is -2.36. The summed E-state index contributed by atoms with van der Waals surface area (Å²) < 4.78 is 29.7. The van der Waals surface area contributed by atoms with Crippen molar-refractivity contribution >= 4 is 11.6 Å². The molecule has 1 heterocycles. The van der Waals surface area contributed by atoms with Gasteiger partial charge in [-0.2, -0.15) is 8.78 Å². The molecule has 0 aromatic heterocycles. The van der Waals surface area contributed by atoms with Gasteiger partial charge in [-0.1, -0.05) is 0 Å². The summed E-state index contributed by atoms with van der Waals surface area (Å²) in [5.41, 5.74) is 1.00. The van der Waals surface area contributed by atoms with Gasteiger partial charge in [-0.05, 0) is 24.3 Å². The van der Waals surface area contributed by atoms with Gasteiger partial charge in [-0.3, -0.25) is 4.79 Å². The van der Waals surface area contributed by atoms with E-state index in [1.54, 1.807) is 7.11 Å². The third-order valence-corrected chi connectivity index (χ3v) is 3.22. The van der Waals surface area contributed by atoms with Crippen LogP contribution in [0.5, 0.6) is 5.75 Å². The standard InChI is InChI=1S/C13H16F2N2O2/c1-19-11-4-2-10(3-5-11)16-6-8-17(9-7-16)13(18)12(14)15/h2-5,12H,6-9H2,1H3. The first-order valence-corrected chi connectivity index (χ1v) is 6.08. The number of nitrogens with zero attached hydrogens (tertiary/aromatic N) is 2. The van der Waals surface area contributed by atoms with Crippen molar-refractivity contribution in [1.82, 2.24) is 4.90 Å². The molecule has 1 aliphatic rings. The number of benzene rings is 1. The highest BCUT2D eigenvalue weighted by atomic mass is 19.3. The van der Waals surface area contributed by atoms with Gasteiger partial charge in [0.05, 0.1) is 7.11 Å². The van der Waals surface area contributed by atoms with Gasteiger partial charge in [-0.25, -0.2) is 0 Å². The molecule has 4 nitrogen and oxygen atoms in total. The second-order valence-corrected chi connectivity index (χ2v) is 4.31. The normalized spacial score (nSPS) is 15.8. The Hall–Kier alpha value is -1.85. The summed E-state index contributed by atoms with van der Waals surface area (Å²) >= 11 is 0. The lowest BCUT2D eigenvalue weighted by molar-refractivity contribution is -0.143. The van der Waals surface area contributed by atoms with Crippen LogP contribution >= 0.6 is 0 Å². The average molecular weight is 270 g/mol. The van der Waals surface area contributed by atoms with Crippen molar-refractivity contribution in [3.63, 3.8) is 0 Å². The molecule has 1 amide bonds. The van der Waals surface area contributed by atoms with Crippen molar-refractivity contribution < 1.29 is 18.3 Å². The Bertz CT molecular complexity index is 429. The first-order valence-electron chi connectivity index (χ1n) is 6.08. The number of alkyl halides is 2. The second-order valence-electron chi connectivity index (χ2n) is 4.31. The Kier molecular flexibility index (Phi) is 4.19. The number of halogens is 2. The van der Waals surface area contributed by atoms with Gasteiger partial charge in [0, 0.05) is 31.9 Å². The van der Waals surface area contributed by atoms with Crippen molar-refractivity contribution in [1.29, 1.82) is 0 Å². The van der Waals surface area contributed by atoms with Crippen molar-refractivity contribution in [3.8, 4) is 5.75 Å². The van der Waals surface area contributed by atoms with Crippen LogP contribution < -0.4 is 9.64 Å². The molecule has 19 heavy (non-hydrogen) atoms. The monoisotopic (exact) mass is 270 g/mol. The molecule has 1 fully saturated rings. The minimum atomic E-state index is -2.91. The summed E-state index contributed by atoms with van der Waals surface area (Å²) in [5, 5.41) is 0. The molecule has 1 saturated heterocycles. The van der Waals surface area contributed by atoms with E-state index in [4.69, 9.17) is 4.74 Å². The minimum absolute atomic E-state index is 0.329. The molecule has 0 unspecified atom stereocenters. The van der Waals surface area contributed by atoms with Gasteiger partial charge < -0.3 is 14.5 Å². The maximum absolute atomic E-state index is 12.3. The van der Waals surface area contributed by atoms with E-state index in [1.807, 2.05) is 24.3 Å². The van der Waals surface area contributed by atoms with Crippen molar-refractivity contribution in [2.24, 2.45) is 0 Å². The Balaban J connectivity index is 1.94. The Morgan fingerprint density at radius 1 is 1.16 bits per heavy atom. The lowest BCUT2D eigenvalue weighted by atomic mass is 10.2. The number of carbonyl (C=O) groups excluding carboxylic acids is 1. The van der Waals surface area contributed by atoms with E-state index in [0.717, 1.165) is 11.4 Å². The molecule has 0 spiro atoms. The first-order chi connectivity index (χ1) is 9.11. The Morgan fingerprint density at radius 2 is 1.74 bits per heavy atom. The van der Waals surface area contributed by atoms with Crippen LogP contribution in [0.15, 0.2) is 24.3 Å². The molecule has 1 aromatic rings. The number of methoxy groups -OCH3 is 1. The van der Waals surface area contributed by atoms with E-state index in [-0.39, 0.29) is 0 Å². The molecule has 1 aliphatic heterocycles. The average Bonchev–Trinajstić information content (AvgIpc) is 2.46. The van der Waals surface area contributed by atoms with Crippen molar-refractivity contribution in [2.75, 3.05) is 38.2 Å². The van der Waals surface area contributed by atoms with E-state index in [9.17, 15) is 13.6 Å². The fraction of sp³-hybridized carbons (Fsp3) is 0.462. The smallest absolute Gasteiger partial charge is 0.315 e. The van der Waals surface area contributed by atoms with E-state index in [2.05, 4.69) is 4.90 Å². The fourth-order valence-corrected chi connectivity index (χ4v) is 2.12.